The van der Waals surface area contributed by atoms with Crippen LogP contribution in [0.15, 0.2) is 30.4 Å². The van der Waals surface area contributed by atoms with Crippen LogP contribution in [0, 0.1) is 5.92 Å². The normalized spacial score (nSPS) is 28.3. The molecule has 3 heterocycles. The molecule has 5 aliphatic rings. The lowest BCUT2D eigenvalue weighted by molar-refractivity contribution is -0.141. The lowest BCUT2D eigenvalue weighted by Crippen LogP contribution is -2.58. The Kier molecular flexibility index (Phi) is 10.7. The molecule has 0 spiro atoms. The highest BCUT2D eigenvalue weighted by molar-refractivity contribution is 7.91. The van der Waals surface area contributed by atoms with E-state index in [1.54, 1.807) is 26.8 Å². The highest BCUT2D eigenvalue weighted by Crippen LogP contribution is 2.46. The molecule has 1 aromatic rings. The molecule has 6 rings (SSSR count). The Hall–Kier alpha value is -4.35. The molecule has 296 valence electrons. The Labute approximate surface area is 311 Å². The molecule has 14 nitrogen and oxygen atoms in total. The molecule has 1 saturated heterocycles. The van der Waals surface area contributed by atoms with E-state index >= 15 is 0 Å². The van der Waals surface area contributed by atoms with Gasteiger partial charge in [0.05, 0.1) is 17.4 Å². The largest absolute Gasteiger partial charge is 0.444 e. The third-order valence-corrected chi connectivity index (χ3v) is 12.1. The van der Waals surface area contributed by atoms with Gasteiger partial charge in [0.25, 0.3) is 5.91 Å². The van der Waals surface area contributed by atoms with Crippen LogP contribution in [0.5, 0.6) is 0 Å². The molecule has 2 saturated carbocycles. The second-order valence-corrected chi connectivity index (χ2v) is 17.8. The minimum Gasteiger partial charge on any atom is -0.444 e. The first kappa shape index (κ1) is 39.3. The lowest BCUT2D eigenvalue weighted by Gasteiger charge is -2.30. The van der Waals surface area contributed by atoms with Gasteiger partial charge in [0, 0.05) is 25.4 Å². The minimum absolute atomic E-state index is 0.0102. The number of carbonyl (C=O) groups is 5. The zero-order chi connectivity index (χ0) is 39.2. The number of hydrogen-bond donors (Lipinski definition) is 3. The summed E-state index contributed by atoms with van der Waals surface area (Å²) in [5.41, 5.74) is -2.50. The van der Waals surface area contributed by atoms with Crippen LogP contribution in [0.3, 0.4) is 0 Å². The number of nitrogens with zero attached hydrogens (tertiary/aromatic N) is 2. The van der Waals surface area contributed by atoms with Crippen LogP contribution < -0.4 is 15.4 Å². The number of hydrogen-bond acceptors (Lipinski definition) is 9. The fourth-order valence-corrected chi connectivity index (χ4v) is 8.58. The molecule has 5 atom stereocenters. The molecule has 54 heavy (non-hydrogen) atoms. The van der Waals surface area contributed by atoms with Gasteiger partial charge in [0.15, 0.2) is 0 Å². The van der Waals surface area contributed by atoms with Gasteiger partial charge in [0.2, 0.25) is 21.8 Å². The second kappa shape index (κ2) is 14.7. The Balaban J connectivity index is 1.24. The topological polar surface area (TPSA) is 181 Å². The van der Waals surface area contributed by atoms with Crippen molar-refractivity contribution < 1.29 is 55.0 Å². The van der Waals surface area contributed by atoms with Crippen molar-refractivity contribution in [2.24, 2.45) is 5.92 Å². The molecule has 2 aliphatic carbocycles. The number of benzene rings is 1. The van der Waals surface area contributed by atoms with Crippen LogP contribution in [-0.4, -0.2) is 89.2 Å². The van der Waals surface area contributed by atoms with Gasteiger partial charge in [-0.25, -0.2) is 18.0 Å². The second-order valence-electron chi connectivity index (χ2n) is 15.8. The summed E-state index contributed by atoms with van der Waals surface area (Å²) in [6.45, 7) is 4.57. The van der Waals surface area contributed by atoms with Crippen molar-refractivity contribution in [1.29, 1.82) is 0 Å². The van der Waals surface area contributed by atoms with Gasteiger partial charge in [-0.15, -0.1) is 0 Å². The highest BCUT2D eigenvalue weighted by Gasteiger charge is 2.62. The molecule has 5 amide bonds. The summed E-state index contributed by atoms with van der Waals surface area (Å²) in [5, 5.41) is 4.68. The molecule has 0 aromatic heterocycles. The number of halogens is 3. The van der Waals surface area contributed by atoms with Crippen molar-refractivity contribution in [2.45, 2.75) is 132 Å². The van der Waals surface area contributed by atoms with Gasteiger partial charge >= 0.3 is 18.4 Å². The molecule has 1 aromatic carbocycles. The predicted octanol–water partition coefficient (Wildman–Crippen LogP) is 4.02. The Bertz CT molecular complexity index is 1830. The number of fused-ring (bicyclic) bond motifs is 3. The first-order chi connectivity index (χ1) is 25.3. The van der Waals surface area contributed by atoms with Crippen LogP contribution >= 0.6 is 0 Å². The molecule has 18 heteroatoms. The fourth-order valence-electron chi connectivity index (χ4n) is 7.21. The van der Waals surface area contributed by atoms with Gasteiger partial charge in [-0.1, -0.05) is 31.1 Å². The molecule has 0 radical (unpaired) electrons. The molecule has 3 fully saturated rings. The van der Waals surface area contributed by atoms with Crippen molar-refractivity contribution in [1.82, 2.24) is 25.2 Å². The maximum atomic E-state index is 14.3. The Morgan fingerprint density at radius 3 is 2.41 bits per heavy atom. The van der Waals surface area contributed by atoms with Crippen LogP contribution in [-0.2, 0) is 53.1 Å². The van der Waals surface area contributed by atoms with Gasteiger partial charge in [0.1, 0.15) is 29.3 Å². The summed E-state index contributed by atoms with van der Waals surface area (Å²) >= 11 is 0. The van der Waals surface area contributed by atoms with Gasteiger partial charge in [-0.2, -0.15) is 13.2 Å². The van der Waals surface area contributed by atoms with Gasteiger partial charge < -0.3 is 25.0 Å². The van der Waals surface area contributed by atoms with E-state index < -0.39 is 92.2 Å². The van der Waals surface area contributed by atoms with Crippen LogP contribution in [0.2, 0.25) is 0 Å². The molecule has 3 N–H and O–H groups in total. The SMILES string of the molecule is CC(C)(C)OC(=O)N[C@H]1CCCCC/C=C\[C@H]2C[C@]2(C(=O)NS(=O)(=O)C2CC2)NC(=O)[C@@H]2C[C@@H](OC(=O)N3Cc4ccc(C(F)(F)F)cc4C3)CN2C1=O. The number of sulfonamides is 1. The van der Waals surface area contributed by atoms with E-state index in [4.69, 9.17) is 9.47 Å². The Morgan fingerprint density at radius 2 is 1.72 bits per heavy atom. The lowest BCUT2D eigenvalue weighted by atomic mass is 10.0. The number of ether oxygens (including phenoxy) is 2. The number of alkyl halides is 3. The standard InChI is InChI=1S/C36H46F3N5O9S/c1-34(2,3)53-32(48)40-27-10-8-6-4-5-7-9-24-17-35(24,31(47)42-54(50,51)26-13-14-26)41-29(45)28-16-25(20-44(28)30(27)46)52-33(49)43-18-21-11-12-23(36(37,38)39)15-22(21)19-43/h7,9,11-12,15,24-28H,4-6,8,10,13-14,16-20H2,1-3H3,(H,40,48)(H,41,45)(H,42,47)/b9-7-/t24-,25+,27-,28-,35-/m0/s1. The summed E-state index contributed by atoms with van der Waals surface area (Å²) < 4.78 is 78.8. The minimum atomic E-state index is -4.56. The molecule has 0 bridgehead atoms. The van der Waals surface area contributed by atoms with E-state index in [2.05, 4.69) is 15.4 Å². The number of alkyl carbamates (subject to hydrolysis) is 1. The summed E-state index contributed by atoms with van der Waals surface area (Å²) in [4.78, 5) is 70.8. The summed E-state index contributed by atoms with van der Waals surface area (Å²) in [6, 6.07) is 0.800. The van der Waals surface area contributed by atoms with Crippen molar-refractivity contribution >= 4 is 39.9 Å². The summed E-state index contributed by atoms with van der Waals surface area (Å²) in [7, 11) is -3.96. The monoisotopic (exact) mass is 781 g/mol. The average Bonchev–Trinajstić information content (AvgIpc) is 3.95. The van der Waals surface area contributed by atoms with Crippen molar-refractivity contribution in [3.63, 3.8) is 0 Å². The van der Waals surface area contributed by atoms with Crippen molar-refractivity contribution in [3.8, 4) is 0 Å². The third-order valence-electron chi connectivity index (χ3n) is 10.3. The molecular formula is C36H46F3N5O9S. The van der Waals surface area contributed by atoms with Crippen LogP contribution in [0.25, 0.3) is 0 Å². The number of nitrogens with one attached hydrogen (secondary N) is 3. The first-order valence-electron chi connectivity index (χ1n) is 18.2. The van der Waals surface area contributed by atoms with E-state index in [0.29, 0.717) is 43.2 Å². The van der Waals surface area contributed by atoms with Gasteiger partial charge in [-0.05, 0) is 82.6 Å². The first-order valence-corrected chi connectivity index (χ1v) is 19.8. The third kappa shape index (κ3) is 8.95. The Morgan fingerprint density at radius 1 is 1.00 bits per heavy atom. The number of amides is 5. The highest BCUT2D eigenvalue weighted by atomic mass is 32.2. The molecule has 0 unspecified atom stereocenters. The van der Waals surface area contributed by atoms with Crippen LogP contribution in [0.1, 0.15) is 95.2 Å². The fraction of sp³-hybridized carbons (Fsp3) is 0.639. The van der Waals surface area contributed by atoms with Crippen molar-refractivity contribution in [2.75, 3.05) is 6.54 Å². The zero-order valence-corrected chi connectivity index (χ0v) is 31.2. The number of allylic oxidation sites excluding steroid dienone is 1. The maximum Gasteiger partial charge on any atom is 0.416 e. The predicted molar refractivity (Wildman–Crippen MR) is 186 cm³/mol. The van der Waals surface area contributed by atoms with Crippen molar-refractivity contribution in [3.05, 3.63) is 47.0 Å². The quantitative estimate of drug-likeness (QED) is 0.372. The smallest absolute Gasteiger partial charge is 0.416 e. The van der Waals surface area contributed by atoms with E-state index in [-0.39, 0.29) is 38.9 Å². The van der Waals surface area contributed by atoms with Crippen LogP contribution in [0.4, 0.5) is 22.8 Å². The van der Waals surface area contributed by atoms with Gasteiger partial charge in [-0.3, -0.25) is 24.0 Å². The molecular weight excluding hydrogens is 735 g/mol. The van der Waals surface area contributed by atoms with E-state index in [0.717, 1.165) is 18.6 Å². The van der Waals surface area contributed by atoms with E-state index in [1.165, 1.54) is 15.9 Å². The maximum absolute atomic E-state index is 14.3. The average molecular weight is 782 g/mol. The van der Waals surface area contributed by atoms with E-state index in [1.807, 2.05) is 6.08 Å². The summed E-state index contributed by atoms with van der Waals surface area (Å²) in [6.07, 6.45) is -0.145. The number of carbonyl (C=O) groups excluding carboxylic acids is 5. The summed E-state index contributed by atoms with van der Waals surface area (Å²) in [5.74, 6) is -2.83. The zero-order valence-electron chi connectivity index (χ0n) is 30.4. The van der Waals surface area contributed by atoms with E-state index in [9.17, 15) is 45.6 Å². The number of rotatable bonds is 5. The molecule has 3 aliphatic heterocycles.